The molecule has 7 heteroatoms. The third-order valence-corrected chi connectivity index (χ3v) is 7.87. The number of aliphatic carboxylic acids is 1. The van der Waals surface area contributed by atoms with Gasteiger partial charge in [0.2, 0.25) is 11.8 Å². The van der Waals surface area contributed by atoms with E-state index in [0.29, 0.717) is 38.5 Å². The summed E-state index contributed by atoms with van der Waals surface area (Å²) in [4.78, 5) is 39.4. The molecule has 1 unspecified atom stereocenters. The lowest BCUT2D eigenvalue weighted by Gasteiger charge is -2.32. The van der Waals surface area contributed by atoms with Crippen molar-refractivity contribution < 1.29 is 24.2 Å². The van der Waals surface area contributed by atoms with Crippen LogP contribution in [0.25, 0.3) is 0 Å². The molecule has 1 saturated carbocycles. The van der Waals surface area contributed by atoms with Crippen LogP contribution in [0, 0.1) is 12.8 Å². The summed E-state index contributed by atoms with van der Waals surface area (Å²) in [5, 5.41) is 9.78. The highest BCUT2D eigenvalue weighted by molar-refractivity contribution is 6.01. The average Bonchev–Trinajstić information content (AvgIpc) is 3.46. The van der Waals surface area contributed by atoms with E-state index in [-0.39, 0.29) is 24.3 Å². The Labute approximate surface area is 218 Å². The van der Waals surface area contributed by atoms with Crippen molar-refractivity contribution in [3.63, 3.8) is 0 Å². The van der Waals surface area contributed by atoms with Crippen molar-refractivity contribution in [2.45, 2.75) is 70.9 Å². The second-order valence-corrected chi connectivity index (χ2v) is 10.8. The first-order valence-electron chi connectivity index (χ1n) is 13.5. The average molecular weight is 505 g/mol. The first-order chi connectivity index (χ1) is 17.9. The third-order valence-electron chi connectivity index (χ3n) is 7.87. The maximum absolute atomic E-state index is 11.9. The number of aryl methyl sites for hydroxylation is 2. The van der Waals surface area contributed by atoms with Crippen molar-refractivity contribution in [3.05, 3.63) is 64.2 Å². The predicted molar refractivity (Wildman–Crippen MR) is 139 cm³/mol. The molecule has 2 fully saturated rings. The fourth-order valence-corrected chi connectivity index (χ4v) is 5.64. The number of carboxylic acid groups (broad SMARTS) is 1. The van der Waals surface area contributed by atoms with Crippen molar-refractivity contribution >= 4 is 17.8 Å². The molecule has 2 aliphatic heterocycles. The Morgan fingerprint density at radius 2 is 1.89 bits per heavy atom. The number of ether oxygens (including phenoxy) is 1. The van der Waals surface area contributed by atoms with Gasteiger partial charge < -0.3 is 9.84 Å². The van der Waals surface area contributed by atoms with E-state index in [4.69, 9.17) is 4.74 Å². The van der Waals surface area contributed by atoms with Crippen LogP contribution in [0.2, 0.25) is 0 Å². The quantitative estimate of drug-likeness (QED) is 0.430. The molecule has 1 N–H and O–H groups in total. The Kier molecular flexibility index (Phi) is 7.60. The maximum atomic E-state index is 11.9. The SMILES string of the molecule is Cc1cc(CN(CC2CC2)C(CC(=O)O)c2ccc3c(c2)CCO3)ccc1CCCN1C(=O)CCC1=O. The maximum Gasteiger partial charge on any atom is 0.305 e. The van der Waals surface area contributed by atoms with Crippen molar-refractivity contribution in [3.8, 4) is 5.75 Å². The fourth-order valence-electron chi connectivity index (χ4n) is 5.64. The molecular weight excluding hydrogens is 468 g/mol. The Morgan fingerprint density at radius 1 is 1.11 bits per heavy atom. The molecule has 2 amide bonds. The minimum atomic E-state index is -0.788. The summed E-state index contributed by atoms with van der Waals surface area (Å²) < 4.78 is 5.67. The second kappa shape index (κ2) is 11.1. The van der Waals surface area contributed by atoms with Crippen molar-refractivity contribution in [1.82, 2.24) is 9.80 Å². The summed E-state index contributed by atoms with van der Waals surface area (Å²) in [7, 11) is 0. The molecule has 2 aromatic rings. The first kappa shape index (κ1) is 25.5. The van der Waals surface area contributed by atoms with Crippen LogP contribution in [0.1, 0.15) is 72.4 Å². The summed E-state index contributed by atoms with van der Waals surface area (Å²) in [5.41, 5.74) is 5.79. The Balaban J connectivity index is 1.29. The number of benzene rings is 2. The monoisotopic (exact) mass is 504 g/mol. The van der Waals surface area contributed by atoms with Crippen LogP contribution < -0.4 is 4.74 Å². The number of carbonyl (C=O) groups excluding carboxylic acids is 2. The summed E-state index contributed by atoms with van der Waals surface area (Å²) in [6, 6.07) is 12.5. The molecule has 37 heavy (non-hydrogen) atoms. The summed E-state index contributed by atoms with van der Waals surface area (Å²) in [5.74, 6) is 0.644. The van der Waals surface area contributed by atoms with E-state index in [1.165, 1.54) is 34.4 Å². The molecule has 0 spiro atoms. The van der Waals surface area contributed by atoms with Gasteiger partial charge in [0.1, 0.15) is 5.75 Å². The topological polar surface area (TPSA) is 87.2 Å². The number of hydrogen-bond acceptors (Lipinski definition) is 5. The smallest absolute Gasteiger partial charge is 0.305 e. The van der Waals surface area contributed by atoms with Gasteiger partial charge >= 0.3 is 5.97 Å². The van der Waals surface area contributed by atoms with Gasteiger partial charge in [0, 0.05) is 44.9 Å². The molecule has 196 valence electrons. The molecule has 0 radical (unpaired) electrons. The van der Waals surface area contributed by atoms with Gasteiger partial charge in [-0.15, -0.1) is 0 Å². The van der Waals surface area contributed by atoms with Gasteiger partial charge in [0.15, 0.2) is 0 Å². The zero-order valence-corrected chi connectivity index (χ0v) is 21.6. The summed E-state index contributed by atoms with van der Waals surface area (Å²) in [6.45, 7) is 4.86. The predicted octanol–water partition coefficient (Wildman–Crippen LogP) is 4.44. The number of hydrogen-bond donors (Lipinski definition) is 1. The molecular formula is C30H36N2O5. The standard InChI is InChI=1S/C30H36N2O5/c1-20-15-22(6-7-23(20)3-2-13-32-28(33)10-11-29(32)34)19-31(18-21-4-5-21)26(17-30(35)36)24-8-9-27-25(16-24)12-14-37-27/h6-9,15-16,21,26H,2-5,10-14,17-19H2,1H3,(H,35,36). The van der Waals surface area contributed by atoms with Gasteiger partial charge in [0.25, 0.3) is 0 Å². The lowest BCUT2D eigenvalue weighted by atomic mass is 9.96. The second-order valence-electron chi connectivity index (χ2n) is 10.8. The number of amides is 2. The first-order valence-corrected chi connectivity index (χ1v) is 13.5. The number of imide groups is 1. The lowest BCUT2D eigenvalue weighted by molar-refractivity contribution is -0.139. The molecule has 5 rings (SSSR count). The van der Waals surface area contributed by atoms with E-state index in [2.05, 4.69) is 36.1 Å². The van der Waals surface area contributed by atoms with E-state index >= 15 is 0 Å². The zero-order chi connectivity index (χ0) is 25.9. The highest BCUT2D eigenvalue weighted by Crippen LogP contribution is 2.37. The van der Waals surface area contributed by atoms with Gasteiger partial charge in [0.05, 0.1) is 13.0 Å². The molecule has 7 nitrogen and oxygen atoms in total. The molecule has 0 aromatic heterocycles. The minimum absolute atomic E-state index is 0.0559. The van der Waals surface area contributed by atoms with Gasteiger partial charge in [-0.1, -0.05) is 30.3 Å². The zero-order valence-electron chi connectivity index (χ0n) is 21.6. The summed E-state index contributed by atoms with van der Waals surface area (Å²) >= 11 is 0. The Morgan fingerprint density at radius 3 is 2.59 bits per heavy atom. The molecule has 2 heterocycles. The highest BCUT2D eigenvalue weighted by Gasteiger charge is 2.31. The largest absolute Gasteiger partial charge is 0.493 e. The number of rotatable bonds is 12. The number of carbonyl (C=O) groups is 3. The Bertz CT molecular complexity index is 1170. The molecule has 0 bridgehead atoms. The molecule has 1 atom stereocenters. The van der Waals surface area contributed by atoms with E-state index in [1.807, 2.05) is 12.1 Å². The number of nitrogens with zero attached hydrogens (tertiary/aromatic N) is 2. The molecule has 1 aliphatic carbocycles. The van der Waals surface area contributed by atoms with E-state index in [1.54, 1.807) is 0 Å². The van der Waals surface area contributed by atoms with Gasteiger partial charge in [-0.05, 0) is 72.4 Å². The highest BCUT2D eigenvalue weighted by atomic mass is 16.5. The van der Waals surface area contributed by atoms with Crippen LogP contribution in [0.3, 0.4) is 0 Å². The third kappa shape index (κ3) is 6.21. The van der Waals surface area contributed by atoms with Crippen molar-refractivity contribution in [1.29, 1.82) is 0 Å². The van der Waals surface area contributed by atoms with Gasteiger partial charge in [-0.3, -0.25) is 24.2 Å². The lowest BCUT2D eigenvalue weighted by Crippen LogP contribution is -2.32. The molecule has 1 saturated heterocycles. The number of fused-ring (bicyclic) bond motifs is 1. The van der Waals surface area contributed by atoms with E-state index < -0.39 is 5.97 Å². The van der Waals surface area contributed by atoms with Crippen molar-refractivity contribution in [2.24, 2.45) is 5.92 Å². The van der Waals surface area contributed by atoms with Crippen LogP contribution in [0.4, 0.5) is 0 Å². The Hall–Kier alpha value is -3.19. The van der Waals surface area contributed by atoms with Gasteiger partial charge in [-0.2, -0.15) is 0 Å². The summed E-state index contributed by atoms with van der Waals surface area (Å²) in [6.07, 6.45) is 5.59. The van der Waals surface area contributed by atoms with Crippen molar-refractivity contribution in [2.75, 3.05) is 19.7 Å². The molecule has 3 aliphatic rings. The normalized spacial score (nSPS) is 17.8. The van der Waals surface area contributed by atoms with E-state index in [0.717, 1.165) is 42.7 Å². The minimum Gasteiger partial charge on any atom is -0.493 e. The van der Waals surface area contributed by atoms with Crippen LogP contribution >= 0.6 is 0 Å². The van der Waals surface area contributed by atoms with Crippen LogP contribution in [0.15, 0.2) is 36.4 Å². The number of likely N-dealkylation sites (tertiary alicyclic amines) is 1. The molecule has 2 aromatic carbocycles. The number of carboxylic acids is 1. The van der Waals surface area contributed by atoms with Crippen LogP contribution in [-0.4, -0.2) is 52.4 Å². The van der Waals surface area contributed by atoms with Crippen LogP contribution in [0.5, 0.6) is 5.75 Å². The van der Waals surface area contributed by atoms with Crippen LogP contribution in [-0.2, 0) is 33.8 Å². The fraction of sp³-hybridized carbons (Fsp3) is 0.500. The van der Waals surface area contributed by atoms with Gasteiger partial charge in [-0.25, -0.2) is 0 Å². The van der Waals surface area contributed by atoms with E-state index in [9.17, 15) is 19.5 Å².